The van der Waals surface area contributed by atoms with Crippen LogP contribution in [0.3, 0.4) is 0 Å². The molecule has 1 amide bonds. The van der Waals surface area contributed by atoms with E-state index in [0.29, 0.717) is 17.1 Å². The van der Waals surface area contributed by atoms with E-state index in [9.17, 15) is 4.79 Å². The molecule has 0 aliphatic carbocycles. The van der Waals surface area contributed by atoms with Crippen LogP contribution in [0.25, 0.3) is 5.69 Å². The average Bonchev–Trinajstić information content (AvgIpc) is 3.12. The molecular weight excluding hydrogens is 276 g/mol. The van der Waals surface area contributed by atoms with Gasteiger partial charge >= 0.3 is 0 Å². The van der Waals surface area contributed by atoms with Crippen molar-refractivity contribution in [2.75, 3.05) is 6.54 Å². The van der Waals surface area contributed by atoms with E-state index >= 15 is 0 Å². The first-order valence-electron chi connectivity index (χ1n) is 6.58. The number of nitrogens with one attached hydrogen (secondary N) is 1. The third kappa shape index (κ3) is 3.40. The Labute approximate surface area is 121 Å². The number of carbonyl (C=O) groups is 1. The Bertz CT molecular complexity index is 538. The van der Waals surface area contributed by atoms with Gasteiger partial charge in [-0.3, -0.25) is 4.79 Å². The average molecular weight is 294 g/mol. The minimum atomic E-state index is -0.128. The highest BCUT2D eigenvalue weighted by Crippen LogP contribution is 2.20. The zero-order valence-electron chi connectivity index (χ0n) is 11.3. The number of rotatable bonds is 7. The van der Waals surface area contributed by atoms with E-state index in [-0.39, 0.29) is 11.9 Å². The van der Waals surface area contributed by atoms with Gasteiger partial charge in [-0.05, 0) is 28.3 Å². The van der Waals surface area contributed by atoms with Gasteiger partial charge in [0.1, 0.15) is 11.2 Å². The molecule has 2 rings (SSSR count). The Hall–Kier alpha value is -1.80. The smallest absolute Gasteiger partial charge is 0.263 e. The number of carbonyl (C=O) groups excluding carboxylic acids is 1. The van der Waals surface area contributed by atoms with Crippen molar-refractivity contribution in [3.63, 3.8) is 0 Å². The molecule has 0 bridgehead atoms. The fourth-order valence-electron chi connectivity index (χ4n) is 1.87. The maximum absolute atomic E-state index is 12.3. The first-order valence-corrected chi connectivity index (χ1v) is 7.46. The van der Waals surface area contributed by atoms with Gasteiger partial charge in [0.2, 0.25) is 0 Å². The molecule has 0 aliphatic rings. The summed E-state index contributed by atoms with van der Waals surface area (Å²) < 4.78 is 1.48. The van der Waals surface area contributed by atoms with E-state index in [2.05, 4.69) is 27.8 Å². The van der Waals surface area contributed by atoms with Crippen LogP contribution in [0.2, 0.25) is 0 Å². The Balaban J connectivity index is 2.08. The van der Waals surface area contributed by atoms with Gasteiger partial charge in [-0.1, -0.05) is 19.8 Å². The first-order chi connectivity index (χ1) is 9.76. The molecule has 0 saturated heterocycles. The quantitative estimate of drug-likeness (QED) is 0.793. The lowest BCUT2D eigenvalue weighted by atomic mass is 10.1. The summed E-state index contributed by atoms with van der Waals surface area (Å²) in [5.41, 5.74) is 6.38. The lowest BCUT2D eigenvalue weighted by Crippen LogP contribution is -2.40. The molecule has 0 aliphatic heterocycles. The molecule has 2 aromatic heterocycles. The van der Waals surface area contributed by atoms with Crippen molar-refractivity contribution in [2.45, 2.75) is 32.2 Å². The predicted octanol–water partition coefficient (Wildman–Crippen LogP) is 0.971. The highest BCUT2D eigenvalue weighted by molar-refractivity contribution is 7.12. The summed E-state index contributed by atoms with van der Waals surface area (Å²) in [6.07, 6.45) is 4.49. The third-order valence-electron chi connectivity index (χ3n) is 2.97. The van der Waals surface area contributed by atoms with E-state index < -0.39 is 0 Å². The van der Waals surface area contributed by atoms with Crippen LogP contribution in [0.4, 0.5) is 0 Å². The number of thiophene rings is 1. The molecule has 0 saturated carbocycles. The molecule has 0 aromatic carbocycles. The van der Waals surface area contributed by atoms with Gasteiger partial charge in [-0.25, -0.2) is 0 Å². The Morgan fingerprint density at radius 2 is 2.45 bits per heavy atom. The van der Waals surface area contributed by atoms with Gasteiger partial charge in [0.15, 0.2) is 0 Å². The molecular formula is C12H18N6OS. The maximum atomic E-state index is 12.3. The summed E-state index contributed by atoms with van der Waals surface area (Å²) in [6, 6.07) is 1.82. The van der Waals surface area contributed by atoms with Crippen LogP contribution in [-0.2, 0) is 0 Å². The second kappa shape index (κ2) is 7.11. The van der Waals surface area contributed by atoms with E-state index in [1.54, 1.807) is 0 Å². The minimum Gasteiger partial charge on any atom is -0.347 e. The summed E-state index contributed by atoms with van der Waals surface area (Å²) in [6.45, 7) is 2.56. The van der Waals surface area contributed by atoms with Crippen LogP contribution in [0, 0.1) is 0 Å². The van der Waals surface area contributed by atoms with Crippen molar-refractivity contribution in [2.24, 2.45) is 5.73 Å². The van der Waals surface area contributed by atoms with Crippen molar-refractivity contribution in [3.8, 4) is 5.69 Å². The number of nitrogens with zero attached hydrogens (tertiary/aromatic N) is 4. The molecule has 2 heterocycles. The van der Waals surface area contributed by atoms with Gasteiger partial charge in [0, 0.05) is 12.6 Å². The molecule has 7 nitrogen and oxygen atoms in total. The van der Waals surface area contributed by atoms with Crippen molar-refractivity contribution < 1.29 is 4.79 Å². The monoisotopic (exact) mass is 294 g/mol. The van der Waals surface area contributed by atoms with Crippen LogP contribution in [-0.4, -0.2) is 38.7 Å². The Morgan fingerprint density at radius 1 is 1.60 bits per heavy atom. The van der Waals surface area contributed by atoms with E-state index in [4.69, 9.17) is 5.73 Å². The van der Waals surface area contributed by atoms with Crippen molar-refractivity contribution in [1.29, 1.82) is 0 Å². The molecule has 3 N–H and O–H groups in total. The van der Waals surface area contributed by atoms with Crippen LogP contribution in [0.1, 0.15) is 35.9 Å². The zero-order valence-corrected chi connectivity index (χ0v) is 12.1. The van der Waals surface area contributed by atoms with Crippen molar-refractivity contribution in [3.05, 3.63) is 22.7 Å². The summed E-state index contributed by atoms with van der Waals surface area (Å²) in [5.74, 6) is -0.128. The van der Waals surface area contributed by atoms with Gasteiger partial charge < -0.3 is 11.1 Å². The number of hydrogen-bond acceptors (Lipinski definition) is 6. The van der Waals surface area contributed by atoms with Crippen LogP contribution in [0.15, 0.2) is 17.8 Å². The number of nitrogens with two attached hydrogens (primary N) is 1. The molecule has 1 unspecified atom stereocenters. The van der Waals surface area contributed by atoms with E-state index in [1.807, 2.05) is 11.4 Å². The largest absolute Gasteiger partial charge is 0.347 e. The molecule has 20 heavy (non-hydrogen) atoms. The molecule has 0 spiro atoms. The minimum absolute atomic E-state index is 0.00581. The molecule has 1 atom stereocenters. The summed E-state index contributed by atoms with van der Waals surface area (Å²) in [7, 11) is 0. The lowest BCUT2D eigenvalue weighted by molar-refractivity contribution is 0.0940. The van der Waals surface area contributed by atoms with Crippen molar-refractivity contribution >= 4 is 17.2 Å². The number of aromatic nitrogens is 4. The van der Waals surface area contributed by atoms with Crippen molar-refractivity contribution in [1.82, 2.24) is 25.5 Å². The first kappa shape index (κ1) is 14.6. The van der Waals surface area contributed by atoms with Crippen LogP contribution < -0.4 is 11.1 Å². The third-order valence-corrected chi connectivity index (χ3v) is 3.87. The summed E-state index contributed by atoms with van der Waals surface area (Å²) >= 11 is 1.36. The molecule has 0 fully saturated rings. The van der Waals surface area contributed by atoms with E-state index in [0.717, 1.165) is 19.3 Å². The summed E-state index contributed by atoms with van der Waals surface area (Å²) in [5, 5.41) is 15.8. The standard InChI is InChI=1S/C12H18N6OS/c1-2-3-4-9(7-13)15-12(19)11-10(5-6-20-11)18-8-14-16-17-18/h5-6,8-9H,2-4,7,13H2,1H3,(H,15,19). The summed E-state index contributed by atoms with van der Waals surface area (Å²) in [4.78, 5) is 12.9. The fourth-order valence-corrected chi connectivity index (χ4v) is 2.66. The van der Waals surface area contributed by atoms with Gasteiger partial charge in [-0.2, -0.15) is 4.68 Å². The van der Waals surface area contributed by atoms with Gasteiger partial charge in [0.05, 0.1) is 5.69 Å². The number of hydrogen-bond donors (Lipinski definition) is 2. The zero-order chi connectivity index (χ0) is 14.4. The van der Waals surface area contributed by atoms with Crippen LogP contribution >= 0.6 is 11.3 Å². The lowest BCUT2D eigenvalue weighted by Gasteiger charge is -2.16. The Morgan fingerprint density at radius 3 is 3.10 bits per heavy atom. The SMILES string of the molecule is CCCCC(CN)NC(=O)c1sccc1-n1cnnn1. The molecule has 2 aromatic rings. The molecule has 8 heteroatoms. The van der Waals surface area contributed by atoms with Crippen LogP contribution in [0.5, 0.6) is 0 Å². The molecule has 0 radical (unpaired) electrons. The maximum Gasteiger partial charge on any atom is 0.263 e. The normalized spacial score (nSPS) is 12.3. The van der Waals surface area contributed by atoms with E-state index in [1.165, 1.54) is 22.3 Å². The number of amides is 1. The Kier molecular flexibility index (Phi) is 5.19. The second-order valence-electron chi connectivity index (χ2n) is 4.44. The number of unbranched alkanes of at least 4 members (excludes halogenated alkanes) is 1. The number of tetrazole rings is 1. The second-order valence-corrected chi connectivity index (χ2v) is 5.35. The highest BCUT2D eigenvalue weighted by atomic mass is 32.1. The van der Waals surface area contributed by atoms with Gasteiger partial charge in [-0.15, -0.1) is 16.4 Å². The highest BCUT2D eigenvalue weighted by Gasteiger charge is 2.18. The predicted molar refractivity (Wildman–Crippen MR) is 76.9 cm³/mol. The topological polar surface area (TPSA) is 98.7 Å². The molecule has 108 valence electrons. The fraction of sp³-hybridized carbons (Fsp3) is 0.500. The van der Waals surface area contributed by atoms with Gasteiger partial charge in [0.25, 0.3) is 5.91 Å².